The second-order valence-electron chi connectivity index (χ2n) is 6.69. The molecule has 1 aliphatic rings. The Morgan fingerprint density at radius 1 is 1.03 bits per heavy atom. The number of nitrogens with zero attached hydrogens (tertiary/aromatic N) is 1. The number of rotatable bonds is 11. The predicted octanol–water partition coefficient (Wildman–Crippen LogP) is 4.94. The van der Waals surface area contributed by atoms with Gasteiger partial charge in [0.25, 0.3) is 5.91 Å². The van der Waals surface area contributed by atoms with Gasteiger partial charge in [-0.3, -0.25) is 9.69 Å². The minimum Gasteiger partial charge on any atom is -0.497 e. The molecule has 1 aliphatic heterocycles. The lowest BCUT2D eigenvalue weighted by Crippen LogP contribution is -2.27. The maximum absolute atomic E-state index is 12.7. The number of hydrogen-bond donors (Lipinski definition) is 0. The number of ether oxygens (including phenoxy) is 4. The number of thioether (sulfide) groups is 1. The normalized spacial score (nSPS) is 14.6. The highest BCUT2D eigenvalue weighted by Crippen LogP contribution is 2.37. The summed E-state index contributed by atoms with van der Waals surface area (Å²) in [5.74, 6) is 2.59. The third-order valence-electron chi connectivity index (χ3n) is 4.56. The van der Waals surface area contributed by atoms with Crippen LogP contribution in [0.3, 0.4) is 0 Å². The molecule has 168 valence electrons. The molecule has 1 fully saturated rings. The number of carbonyl (C=O) groups excluding carboxylic acids is 1. The van der Waals surface area contributed by atoms with Gasteiger partial charge in [0, 0.05) is 18.5 Å². The number of thiocarbonyl (C=S) groups is 1. The van der Waals surface area contributed by atoms with E-state index in [1.165, 1.54) is 16.7 Å². The molecule has 2 aromatic rings. The van der Waals surface area contributed by atoms with E-state index in [-0.39, 0.29) is 5.91 Å². The zero-order chi connectivity index (χ0) is 22.9. The number of hydrogen-bond acceptors (Lipinski definition) is 7. The average molecular weight is 472 g/mol. The predicted molar refractivity (Wildman–Crippen MR) is 132 cm³/mol. The lowest BCUT2D eigenvalue weighted by molar-refractivity contribution is -0.121. The molecule has 0 saturated carbocycles. The monoisotopic (exact) mass is 471 g/mol. The van der Waals surface area contributed by atoms with Crippen LogP contribution >= 0.6 is 24.0 Å². The first-order valence-corrected chi connectivity index (χ1v) is 11.2. The van der Waals surface area contributed by atoms with Gasteiger partial charge >= 0.3 is 0 Å². The lowest BCUT2D eigenvalue weighted by Gasteiger charge is -2.14. The Labute approximate surface area is 197 Å². The molecule has 0 bridgehead atoms. The highest BCUT2D eigenvalue weighted by Gasteiger charge is 2.31. The summed E-state index contributed by atoms with van der Waals surface area (Å²) in [6.07, 6.45) is 4.11. The molecule has 0 radical (unpaired) electrons. The van der Waals surface area contributed by atoms with E-state index in [4.69, 9.17) is 31.2 Å². The van der Waals surface area contributed by atoms with Crippen LogP contribution in [0.2, 0.25) is 0 Å². The Hall–Kier alpha value is -2.97. The summed E-state index contributed by atoms with van der Waals surface area (Å²) in [6.45, 7) is 4.99. The average Bonchev–Trinajstić information content (AvgIpc) is 3.07. The first-order chi connectivity index (χ1) is 15.6. The maximum Gasteiger partial charge on any atom is 0.266 e. The molecule has 0 atom stereocenters. The third kappa shape index (κ3) is 5.83. The van der Waals surface area contributed by atoms with Crippen molar-refractivity contribution in [2.24, 2.45) is 0 Å². The van der Waals surface area contributed by atoms with Crippen molar-refractivity contribution in [3.05, 3.63) is 65.6 Å². The van der Waals surface area contributed by atoms with Crippen LogP contribution in [-0.4, -0.2) is 49.1 Å². The van der Waals surface area contributed by atoms with Crippen LogP contribution in [0.25, 0.3) is 6.08 Å². The largest absolute Gasteiger partial charge is 0.497 e. The van der Waals surface area contributed by atoms with E-state index in [0.717, 1.165) is 17.1 Å². The van der Waals surface area contributed by atoms with Gasteiger partial charge in [-0.15, -0.1) is 6.58 Å². The van der Waals surface area contributed by atoms with Crippen LogP contribution < -0.4 is 18.9 Å². The number of para-hydroxylation sites is 1. The molecule has 8 heteroatoms. The Bertz CT molecular complexity index is 1000. The number of carbonyl (C=O) groups is 1. The Balaban J connectivity index is 1.64. The molecule has 6 nitrogen and oxygen atoms in total. The minimum absolute atomic E-state index is 0.137. The van der Waals surface area contributed by atoms with Crippen molar-refractivity contribution in [3.63, 3.8) is 0 Å². The SMILES string of the molecule is C=CCN1C(=O)/C(=C\c2cccc(OC)c2OCCCOc2ccc(OC)cc2)SC1=S. The Kier molecular flexibility index (Phi) is 8.58. The van der Waals surface area contributed by atoms with Gasteiger partial charge in [-0.1, -0.05) is 42.2 Å². The first kappa shape index (κ1) is 23.7. The molecule has 2 aromatic carbocycles. The molecule has 1 saturated heterocycles. The third-order valence-corrected chi connectivity index (χ3v) is 5.94. The van der Waals surface area contributed by atoms with E-state index in [2.05, 4.69) is 6.58 Å². The molecule has 0 aromatic heterocycles. The van der Waals surface area contributed by atoms with E-state index in [1.54, 1.807) is 26.4 Å². The zero-order valence-corrected chi connectivity index (χ0v) is 19.7. The van der Waals surface area contributed by atoms with Crippen molar-refractivity contribution in [1.29, 1.82) is 0 Å². The van der Waals surface area contributed by atoms with Crippen molar-refractivity contribution in [2.75, 3.05) is 34.0 Å². The number of methoxy groups -OCH3 is 2. The molecule has 0 unspecified atom stereocenters. The zero-order valence-electron chi connectivity index (χ0n) is 18.0. The van der Waals surface area contributed by atoms with Gasteiger partial charge in [0.05, 0.1) is 32.3 Å². The summed E-state index contributed by atoms with van der Waals surface area (Å²) in [5, 5.41) is 0. The fraction of sp³-hybridized carbons (Fsp3) is 0.250. The van der Waals surface area contributed by atoms with Gasteiger partial charge in [-0.2, -0.15) is 0 Å². The van der Waals surface area contributed by atoms with Gasteiger partial charge < -0.3 is 18.9 Å². The second-order valence-corrected chi connectivity index (χ2v) is 8.36. The second kappa shape index (κ2) is 11.6. The summed E-state index contributed by atoms with van der Waals surface area (Å²) in [7, 11) is 3.21. The molecule has 1 heterocycles. The van der Waals surface area contributed by atoms with Gasteiger partial charge in [-0.25, -0.2) is 0 Å². The highest BCUT2D eigenvalue weighted by atomic mass is 32.2. The fourth-order valence-electron chi connectivity index (χ4n) is 2.98. The first-order valence-electron chi connectivity index (χ1n) is 10.00. The van der Waals surface area contributed by atoms with Crippen molar-refractivity contribution in [2.45, 2.75) is 6.42 Å². The van der Waals surface area contributed by atoms with Crippen LogP contribution in [0.1, 0.15) is 12.0 Å². The Morgan fingerprint density at radius 3 is 2.44 bits per heavy atom. The molecule has 1 amide bonds. The van der Waals surface area contributed by atoms with Gasteiger partial charge in [0.15, 0.2) is 11.5 Å². The van der Waals surface area contributed by atoms with E-state index < -0.39 is 0 Å². The van der Waals surface area contributed by atoms with E-state index in [9.17, 15) is 4.79 Å². The lowest BCUT2D eigenvalue weighted by atomic mass is 10.1. The maximum atomic E-state index is 12.7. The van der Waals surface area contributed by atoms with Crippen molar-refractivity contribution >= 4 is 40.3 Å². The van der Waals surface area contributed by atoms with Crippen LogP contribution in [0.5, 0.6) is 23.0 Å². The summed E-state index contributed by atoms with van der Waals surface area (Å²) in [4.78, 5) is 14.7. The molecule has 32 heavy (non-hydrogen) atoms. The summed E-state index contributed by atoms with van der Waals surface area (Å²) >= 11 is 6.58. The molecular weight excluding hydrogens is 446 g/mol. The van der Waals surface area contributed by atoms with Gasteiger partial charge in [0.1, 0.15) is 15.8 Å². The van der Waals surface area contributed by atoms with E-state index in [0.29, 0.717) is 46.9 Å². The van der Waals surface area contributed by atoms with E-state index >= 15 is 0 Å². The minimum atomic E-state index is -0.137. The molecular formula is C24H25NO5S2. The van der Waals surface area contributed by atoms with Crippen LogP contribution in [0, 0.1) is 0 Å². The number of benzene rings is 2. The van der Waals surface area contributed by atoms with Crippen molar-refractivity contribution in [3.8, 4) is 23.0 Å². The standard InChI is InChI=1S/C24H25NO5S2/c1-4-13-25-23(26)21(32-24(25)31)16-17-7-5-8-20(28-3)22(17)30-15-6-14-29-19-11-9-18(27-2)10-12-19/h4-5,7-12,16H,1,6,13-15H2,2-3H3/b21-16+. The number of amides is 1. The molecule has 0 N–H and O–H groups in total. The summed E-state index contributed by atoms with van der Waals surface area (Å²) in [5.41, 5.74) is 0.750. The van der Waals surface area contributed by atoms with Crippen LogP contribution in [-0.2, 0) is 4.79 Å². The topological polar surface area (TPSA) is 57.2 Å². The molecule has 3 rings (SSSR count). The van der Waals surface area contributed by atoms with Crippen molar-refractivity contribution < 1.29 is 23.7 Å². The van der Waals surface area contributed by atoms with Crippen molar-refractivity contribution in [1.82, 2.24) is 4.90 Å². The Morgan fingerprint density at radius 2 is 1.75 bits per heavy atom. The van der Waals surface area contributed by atoms with Crippen LogP contribution in [0.15, 0.2) is 60.0 Å². The summed E-state index contributed by atoms with van der Waals surface area (Å²) in [6, 6.07) is 13.0. The molecule has 0 spiro atoms. The molecule has 0 aliphatic carbocycles. The van der Waals surface area contributed by atoms with Crippen LogP contribution in [0.4, 0.5) is 0 Å². The smallest absolute Gasteiger partial charge is 0.266 e. The van der Waals surface area contributed by atoms with E-state index in [1.807, 2.05) is 42.5 Å². The highest BCUT2D eigenvalue weighted by molar-refractivity contribution is 8.26. The quantitative estimate of drug-likeness (QED) is 0.199. The van der Waals surface area contributed by atoms with Gasteiger partial charge in [-0.05, 0) is 36.4 Å². The summed E-state index contributed by atoms with van der Waals surface area (Å²) < 4.78 is 22.9. The fourth-order valence-corrected chi connectivity index (χ4v) is 4.25. The van der Waals surface area contributed by atoms with Gasteiger partial charge in [0.2, 0.25) is 0 Å².